The number of benzene rings is 2. The van der Waals surface area contributed by atoms with Gasteiger partial charge in [-0.05, 0) is 62.7 Å². The highest BCUT2D eigenvalue weighted by Gasteiger charge is 2.22. The third-order valence-electron chi connectivity index (χ3n) is 4.83. The molecule has 0 fully saturated rings. The lowest BCUT2D eigenvalue weighted by Gasteiger charge is -2.20. The van der Waals surface area contributed by atoms with Gasteiger partial charge in [0.05, 0.1) is 22.5 Å². The van der Waals surface area contributed by atoms with Crippen LogP contribution in [-0.4, -0.2) is 27.2 Å². The predicted octanol–water partition coefficient (Wildman–Crippen LogP) is 6.07. The highest BCUT2D eigenvalue weighted by Crippen LogP contribution is 2.33. The lowest BCUT2D eigenvalue weighted by Crippen LogP contribution is -2.34. The smallest absolute Gasteiger partial charge is 0.260 e. The molecule has 0 N–H and O–H groups in total. The van der Waals surface area contributed by atoms with E-state index in [2.05, 4.69) is 5.10 Å². The molecule has 0 radical (unpaired) electrons. The molecule has 0 aliphatic rings. The summed E-state index contributed by atoms with van der Waals surface area (Å²) in [5, 5.41) is 6.32. The first kappa shape index (κ1) is 20.8. The number of carbonyl (C=O) groups is 1. The molecule has 2 heterocycles. The number of aromatic nitrogens is 3. The summed E-state index contributed by atoms with van der Waals surface area (Å²) in [6, 6.07) is 12.8. The molecule has 0 saturated carbocycles. The van der Waals surface area contributed by atoms with Crippen molar-refractivity contribution in [3.8, 4) is 0 Å². The Hall–Kier alpha value is -2.41. The normalized spacial score (nSPS) is 11.2. The van der Waals surface area contributed by atoms with Crippen molar-refractivity contribution in [2.75, 3.05) is 11.4 Å². The van der Waals surface area contributed by atoms with Crippen LogP contribution in [-0.2, 0) is 6.54 Å². The zero-order valence-electron chi connectivity index (χ0n) is 16.8. The first-order valence-electron chi connectivity index (χ1n) is 9.47. The van der Waals surface area contributed by atoms with Gasteiger partial charge in [-0.2, -0.15) is 5.10 Å². The molecule has 5 nitrogen and oxygen atoms in total. The fraction of sp³-hybridized carbons (Fsp3) is 0.227. The van der Waals surface area contributed by atoms with Crippen molar-refractivity contribution in [3.05, 3.63) is 75.0 Å². The van der Waals surface area contributed by atoms with E-state index < -0.39 is 0 Å². The number of hydrogen-bond donors (Lipinski definition) is 0. The monoisotopic (exact) mass is 458 g/mol. The summed E-state index contributed by atoms with van der Waals surface area (Å²) in [6.07, 6.45) is 0. The van der Waals surface area contributed by atoms with E-state index in [9.17, 15) is 4.79 Å². The SMILES string of the molecule is Cc1cc(C)n(CCN(C(=O)c2cccc(Cl)c2)c2nc3c(C)cc(Cl)cc3s2)n1. The van der Waals surface area contributed by atoms with Gasteiger partial charge < -0.3 is 0 Å². The number of hydrogen-bond acceptors (Lipinski definition) is 4. The van der Waals surface area contributed by atoms with Crippen LogP contribution in [0.25, 0.3) is 10.2 Å². The van der Waals surface area contributed by atoms with Crippen LogP contribution >= 0.6 is 34.5 Å². The van der Waals surface area contributed by atoms with E-state index in [1.165, 1.54) is 11.3 Å². The Labute approximate surface area is 188 Å². The van der Waals surface area contributed by atoms with E-state index in [1.807, 2.05) is 43.7 Å². The number of thiazole rings is 1. The minimum Gasteiger partial charge on any atom is -0.282 e. The van der Waals surface area contributed by atoms with Crippen LogP contribution in [0.15, 0.2) is 42.5 Å². The molecule has 0 aliphatic carbocycles. The quantitative estimate of drug-likeness (QED) is 0.364. The number of rotatable bonds is 5. The molecule has 2 aromatic carbocycles. The van der Waals surface area contributed by atoms with Gasteiger partial charge in [-0.1, -0.05) is 40.6 Å². The Balaban J connectivity index is 1.73. The number of fused-ring (bicyclic) bond motifs is 1. The maximum absolute atomic E-state index is 13.4. The maximum atomic E-state index is 13.4. The minimum atomic E-state index is -0.151. The van der Waals surface area contributed by atoms with Gasteiger partial charge in [0.25, 0.3) is 5.91 Å². The van der Waals surface area contributed by atoms with E-state index in [4.69, 9.17) is 28.2 Å². The van der Waals surface area contributed by atoms with Gasteiger partial charge in [-0.25, -0.2) is 4.98 Å². The number of carbonyl (C=O) groups excluding carboxylic acids is 1. The van der Waals surface area contributed by atoms with Gasteiger partial charge in [-0.3, -0.25) is 14.4 Å². The van der Waals surface area contributed by atoms with Crippen molar-refractivity contribution >= 4 is 55.8 Å². The molecule has 1 amide bonds. The fourth-order valence-electron chi connectivity index (χ4n) is 3.42. The number of nitrogens with zero attached hydrogens (tertiary/aromatic N) is 4. The van der Waals surface area contributed by atoms with Crippen LogP contribution in [0.2, 0.25) is 10.0 Å². The highest BCUT2D eigenvalue weighted by atomic mass is 35.5. The lowest BCUT2D eigenvalue weighted by atomic mass is 10.2. The predicted molar refractivity (Wildman–Crippen MR) is 124 cm³/mol. The van der Waals surface area contributed by atoms with Crippen molar-refractivity contribution in [3.63, 3.8) is 0 Å². The molecule has 154 valence electrons. The molecule has 0 atom stereocenters. The molecule has 4 rings (SSSR count). The number of halogens is 2. The second kappa shape index (κ2) is 8.38. The summed E-state index contributed by atoms with van der Waals surface area (Å²) >= 11 is 13.8. The summed E-state index contributed by atoms with van der Waals surface area (Å²) in [4.78, 5) is 19.9. The van der Waals surface area contributed by atoms with Crippen LogP contribution < -0.4 is 4.90 Å². The molecule has 0 unspecified atom stereocenters. The molecule has 4 aromatic rings. The van der Waals surface area contributed by atoms with Crippen LogP contribution in [0.5, 0.6) is 0 Å². The molecular weight excluding hydrogens is 439 g/mol. The topological polar surface area (TPSA) is 51.0 Å². The average Bonchev–Trinajstić information content (AvgIpc) is 3.24. The maximum Gasteiger partial charge on any atom is 0.260 e. The lowest BCUT2D eigenvalue weighted by molar-refractivity contribution is 0.0985. The molecule has 8 heteroatoms. The Morgan fingerprint density at radius 1 is 1.10 bits per heavy atom. The van der Waals surface area contributed by atoms with Gasteiger partial charge in [0, 0.05) is 27.8 Å². The average molecular weight is 459 g/mol. The first-order chi connectivity index (χ1) is 14.3. The second-order valence-corrected chi connectivity index (χ2v) is 9.07. The van der Waals surface area contributed by atoms with Gasteiger partial charge >= 0.3 is 0 Å². The summed E-state index contributed by atoms with van der Waals surface area (Å²) in [5.41, 5.74) is 4.35. The standard InChI is InChI=1S/C22H20Cl2N4OS/c1-13-9-18(24)12-19-20(13)25-22(30-19)27(7-8-28-15(3)10-14(2)26-28)21(29)16-5-4-6-17(23)11-16/h4-6,9-12H,7-8H2,1-3H3. The number of aryl methyl sites for hydroxylation is 3. The Bertz CT molecular complexity index is 1250. The second-order valence-electron chi connectivity index (χ2n) is 7.18. The van der Waals surface area contributed by atoms with Crippen molar-refractivity contribution in [1.82, 2.24) is 14.8 Å². The summed E-state index contributed by atoms with van der Waals surface area (Å²) in [6.45, 7) is 6.92. The van der Waals surface area contributed by atoms with Crippen molar-refractivity contribution in [2.45, 2.75) is 27.3 Å². The van der Waals surface area contributed by atoms with Gasteiger partial charge in [0.15, 0.2) is 5.13 Å². The van der Waals surface area contributed by atoms with Crippen LogP contribution in [0.3, 0.4) is 0 Å². The minimum absolute atomic E-state index is 0.151. The van der Waals surface area contributed by atoms with E-state index in [0.29, 0.717) is 33.8 Å². The highest BCUT2D eigenvalue weighted by molar-refractivity contribution is 7.22. The van der Waals surface area contributed by atoms with Crippen LogP contribution in [0.1, 0.15) is 27.3 Å². The third-order valence-corrected chi connectivity index (χ3v) is 6.30. The zero-order chi connectivity index (χ0) is 21.4. The fourth-order valence-corrected chi connectivity index (χ4v) is 5.05. The summed E-state index contributed by atoms with van der Waals surface area (Å²) < 4.78 is 2.85. The molecule has 0 bridgehead atoms. The molecule has 30 heavy (non-hydrogen) atoms. The number of anilines is 1. The number of amides is 1. The van der Waals surface area contributed by atoms with Gasteiger partial charge in [0.1, 0.15) is 0 Å². The van der Waals surface area contributed by atoms with E-state index >= 15 is 0 Å². The van der Waals surface area contributed by atoms with Gasteiger partial charge in [-0.15, -0.1) is 0 Å². The molecule has 0 aliphatic heterocycles. The van der Waals surface area contributed by atoms with Crippen molar-refractivity contribution < 1.29 is 4.79 Å². The van der Waals surface area contributed by atoms with Crippen LogP contribution in [0.4, 0.5) is 5.13 Å². The molecule has 0 saturated heterocycles. The zero-order valence-corrected chi connectivity index (χ0v) is 19.1. The largest absolute Gasteiger partial charge is 0.282 e. The van der Waals surface area contributed by atoms with Crippen LogP contribution in [0, 0.1) is 20.8 Å². The Kier molecular flexibility index (Phi) is 5.82. The van der Waals surface area contributed by atoms with Crippen molar-refractivity contribution in [2.24, 2.45) is 0 Å². The molecular formula is C22H20Cl2N4OS. The summed E-state index contributed by atoms with van der Waals surface area (Å²) in [7, 11) is 0. The van der Waals surface area contributed by atoms with E-state index in [-0.39, 0.29) is 5.91 Å². The Morgan fingerprint density at radius 3 is 2.60 bits per heavy atom. The molecule has 2 aromatic heterocycles. The van der Waals surface area contributed by atoms with Gasteiger partial charge in [0.2, 0.25) is 0 Å². The first-order valence-corrected chi connectivity index (χ1v) is 11.0. The third kappa shape index (κ3) is 4.21. The van der Waals surface area contributed by atoms with Crippen molar-refractivity contribution in [1.29, 1.82) is 0 Å². The van der Waals surface area contributed by atoms with E-state index in [1.54, 1.807) is 29.2 Å². The summed E-state index contributed by atoms with van der Waals surface area (Å²) in [5.74, 6) is -0.151. The molecule has 0 spiro atoms. The Morgan fingerprint density at radius 2 is 1.90 bits per heavy atom. The van der Waals surface area contributed by atoms with E-state index in [0.717, 1.165) is 27.2 Å².